The zero-order valence-corrected chi connectivity index (χ0v) is 20.2. The van der Waals surface area contributed by atoms with Crippen LogP contribution in [0.25, 0.3) is 11.0 Å². The van der Waals surface area contributed by atoms with E-state index in [4.69, 9.17) is 9.47 Å². The Morgan fingerprint density at radius 1 is 1.16 bits per heavy atom. The number of amides is 1. The fourth-order valence-corrected chi connectivity index (χ4v) is 4.19. The number of rotatable bonds is 9. The maximum atomic E-state index is 13.3. The third-order valence-corrected chi connectivity index (χ3v) is 5.83. The van der Waals surface area contributed by atoms with Crippen LogP contribution in [0.1, 0.15) is 25.1 Å². The Morgan fingerprint density at radius 3 is 2.50 bits per heavy atom. The summed E-state index contributed by atoms with van der Waals surface area (Å²) in [7, 11) is 3.15. The first kappa shape index (κ1) is 23.7. The van der Waals surface area contributed by atoms with Gasteiger partial charge < -0.3 is 19.4 Å². The van der Waals surface area contributed by atoms with Gasteiger partial charge in [-0.15, -0.1) is 0 Å². The van der Waals surface area contributed by atoms with E-state index in [1.807, 2.05) is 31.4 Å². The third-order valence-electron chi connectivity index (χ3n) is 5.15. The molecule has 2 aromatic heterocycles. The van der Waals surface area contributed by atoms with Crippen LogP contribution in [0.3, 0.4) is 0 Å². The molecular formula is C23H30N4O4S. The number of hydrogen-bond acceptors (Lipinski definition) is 6. The fraction of sp³-hybridized carbons (Fsp3) is 0.435. The van der Waals surface area contributed by atoms with E-state index in [1.54, 1.807) is 29.4 Å². The van der Waals surface area contributed by atoms with Gasteiger partial charge >= 0.3 is 0 Å². The molecule has 3 rings (SSSR count). The number of thioether (sulfide) groups is 1. The molecule has 2 heterocycles. The van der Waals surface area contributed by atoms with Crippen LogP contribution in [0.4, 0.5) is 0 Å². The van der Waals surface area contributed by atoms with Gasteiger partial charge in [-0.25, -0.2) is 4.98 Å². The Kier molecular flexibility index (Phi) is 7.50. The highest BCUT2D eigenvalue weighted by Gasteiger charge is 2.18. The zero-order chi connectivity index (χ0) is 23.4. The van der Waals surface area contributed by atoms with Crippen LogP contribution < -0.4 is 20.3 Å². The Balaban J connectivity index is 1.84. The molecule has 3 aromatic rings. The molecule has 0 unspecified atom stereocenters. The molecule has 0 aliphatic heterocycles. The minimum absolute atomic E-state index is 0.0415. The van der Waals surface area contributed by atoms with Crippen LogP contribution in [-0.2, 0) is 24.4 Å². The van der Waals surface area contributed by atoms with Gasteiger partial charge in [0.2, 0.25) is 5.91 Å². The van der Waals surface area contributed by atoms with E-state index in [0.29, 0.717) is 46.7 Å². The number of aromatic nitrogens is 3. The molecule has 0 spiro atoms. The molecule has 1 N–H and O–H groups in total. The van der Waals surface area contributed by atoms with Gasteiger partial charge in [0.25, 0.3) is 5.56 Å². The van der Waals surface area contributed by atoms with Gasteiger partial charge in [-0.1, -0.05) is 31.7 Å². The van der Waals surface area contributed by atoms with Crippen molar-refractivity contribution >= 4 is 28.7 Å². The molecule has 0 fully saturated rings. The summed E-state index contributed by atoms with van der Waals surface area (Å²) in [5.41, 5.74) is 2.66. The van der Waals surface area contributed by atoms with Gasteiger partial charge in [-0.3, -0.25) is 14.2 Å². The Hall–Kier alpha value is -2.94. The van der Waals surface area contributed by atoms with Crippen LogP contribution in [0.2, 0.25) is 0 Å². The fourth-order valence-electron chi connectivity index (χ4n) is 3.62. The highest BCUT2D eigenvalue weighted by atomic mass is 32.2. The van der Waals surface area contributed by atoms with Gasteiger partial charge in [-0.05, 0) is 42.9 Å². The summed E-state index contributed by atoms with van der Waals surface area (Å²) >= 11 is 1.45. The summed E-state index contributed by atoms with van der Waals surface area (Å²) < 4.78 is 14.0. The molecule has 0 aliphatic carbocycles. The number of fused-ring (bicyclic) bond motifs is 1. The summed E-state index contributed by atoms with van der Waals surface area (Å²) in [5, 5.41) is 3.60. The van der Waals surface area contributed by atoms with Crippen LogP contribution in [0.5, 0.6) is 11.5 Å². The number of nitrogens with zero attached hydrogens (tertiary/aromatic N) is 3. The van der Waals surface area contributed by atoms with Crippen molar-refractivity contribution in [3.8, 4) is 11.5 Å². The topological polar surface area (TPSA) is 87.4 Å². The molecule has 0 atom stereocenters. The van der Waals surface area contributed by atoms with Crippen LogP contribution in [0.15, 0.2) is 34.2 Å². The number of carbonyl (C=O) groups is 1. The summed E-state index contributed by atoms with van der Waals surface area (Å²) in [4.78, 5) is 30.7. The van der Waals surface area contributed by atoms with E-state index in [2.05, 4.69) is 24.1 Å². The lowest BCUT2D eigenvalue weighted by atomic mass is 10.2. The van der Waals surface area contributed by atoms with E-state index in [1.165, 1.54) is 11.8 Å². The number of methoxy groups -OCH3 is 2. The molecule has 32 heavy (non-hydrogen) atoms. The molecule has 8 nitrogen and oxygen atoms in total. The minimum atomic E-state index is -0.191. The van der Waals surface area contributed by atoms with Crippen LogP contribution in [-0.4, -0.2) is 40.5 Å². The summed E-state index contributed by atoms with van der Waals surface area (Å²) in [6.07, 6.45) is 1.91. The quantitative estimate of drug-likeness (QED) is 0.391. The maximum absolute atomic E-state index is 13.3. The lowest BCUT2D eigenvalue weighted by Crippen LogP contribution is -2.30. The molecule has 1 aromatic carbocycles. The number of nitrogens with one attached hydrogen (secondary N) is 1. The molecule has 1 amide bonds. The van der Waals surface area contributed by atoms with Crippen molar-refractivity contribution in [1.29, 1.82) is 0 Å². The predicted molar refractivity (Wildman–Crippen MR) is 127 cm³/mol. The molecule has 172 valence electrons. The maximum Gasteiger partial charge on any atom is 0.278 e. The first-order valence-corrected chi connectivity index (χ1v) is 11.6. The third kappa shape index (κ3) is 4.93. The average molecular weight is 459 g/mol. The molecule has 0 bridgehead atoms. The Bertz CT molecular complexity index is 1180. The number of ether oxygens (including phenoxy) is 2. The van der Waals surface area contributed by atoms with Gasteiger partial charge in [0.05, 0.1) is 19.7 Å². The molecule has 0 saturated carbocycles. The summed E-state index contributed by atoms with van der Waals surface area (Å²) in [6.45, 7) is 6.96. The number of carbonyl (C=O) groups excluding carboxylic acids is 1. The van der Waals surface area contributed by atoms with E-state index < -0.39 is 0 Å². The van der Waals surface area contributed by atoms with Crippen molar-refractivity contribution < 1.29 is 14.3 Å². The lowest BCUT2D eigenvalue weighted by molar-refractivity contribution is -0.121. The van der Waals surface area contributed by atoms with Crippen LogP contribution >= 0.6 is 11.8 Å². The molecule has 0 aliphatic rings. The molecule has 0 radical (unpaired) electrons. The molecular weight excluding hydrogens is 428 g/mol. The normalized spacial score (nSPS) is 11.2. The van der Waals surface area contributed by atoms with Crippen LogP contribution in [0, 0.1) is 12.8 Å². The average Bonchev–Trinajstić information content (AvgIpc) is 3.08. The highest BCUT2D eigenvalue weighted by molar-refractivity contribution is 7.98. The second kappa shape index (κ2) is 10.1. The monoisotopic (exact) mass is 458 g/mol. The first-order chi connectivity index (χ1) is 15.3. The molecule has 9 heteroatoms. The molecule has 0 saturated heterocycles. The largest absolute Gasteiger partial charge is 0.493 e. The lowest BCUT2D eigenvalue weighted by Gasteiger charge is -2.14. The van der Waals surface area contributed by atoms with Gasteiger partial charge in [0.1, 0.15) is 12.1 Å². The number of aryl methyl sites for hydroxylation is 1. The van der Waals surface area contributed by atoms with Crippen molar-refractivity contribution in [2.45, 2.75) is 45.6 Å². The van der Waals surface area contributed by atoms with Gasteiger partial charge in [0, 0.05) is 18.8 Å². The second-order valence-electron chi connectivity index (χ2n) is 7.98. The van der Waals surface area contributed by atoms with Gasteiger partial charge in [0.15, 0.2) is 16.7 Å². The standard InChI is InChI=1S/C23H30N4O4S/c1-14(2)12-27-22(29)21-17(25-23(27)32-6)9-15(3)26(21)13-20(28)24-11-16-7-8-18(30-4)19(10-16)31-5/h7-10,14H,11-13H2,1-6H3,(H,24,28). The van der Waals surface area contributed by atoms with Gasteiger partial charge in [-0.2, -0.15) is 0 Å². The number of benzene rings is 1. The number of hydrogen-bond donors (Lipinski definition) is 1. The van der Waals surface area contributed by atoms with Crippen molar-refractivity contribution in [2.24, 2.45) is 5.92 Å². The smallest absolute Gasteiger partial charge is 0.278 e. The van der Waals surface area contributed by atoms with E-state index in [9.17, 15) is 9.59 Å². The van der Waals surface area contributed by atoms with Crippen molar-refractivity contribution in [3.05, 3.63) is 45.9 Å². The van der Waals surface area contributed by atoms with Crippen molar-refractivity contribution in [3.63, 3.8) is 0 Å². The predicted octanol–water partition coefficient (Wildman–Crippen LogP) is 3.22. The van der Waals surface area contributed by atoms with E-state index in [-0.39, 0.29) is 18.0 Å². The Labute approximate surface area is 191 Å². The summed E-state index contributed by atoms with van der Waals surface area (Å²) in [5.74, 6) is 1.34. The van der Waals surface area contributed by atoms with E-state index >= 15 is 0 Å². The zero-order valence-electron chi connectivity index (χ0n) is 19.4. The summed E-state index contributed by atoms with van der Waals surface area (Å²) in [6, 6.07) is 7.36. The second-order valence-corrected chi connectivity index (χ2v) is 8.75. The van der Waals surface area contributed by atoms with Crippen molar-refractivity contribution in [2.75, 3.05) is 20.5 Å². The Morgan fingerprint density at radius 2 is 1.88 bits per heavy atom. The highest BCUT2D eigenvalue weighted by Crippen LogP contribution is 2.27. The SMILES string of the molecule is COc1ccc(CNC(=O)Cn2c(C)cc3nc(SC)n(CC(C)C)c(=O)c32)cc1OC. The first-order valence-electron chi connectivity index (χ1n) is 10.4. The minimum Gasteiger partial charge on any atom is -0.493 e. The van der Waals surface area contributed by atoms with Crippen molar-refractivity contribution in [1.82, 2.24) is 19.4 Å². The van der Waals surface area contributed by atoms with E-state index in [0.717, 1.165) is 11.3 Å².